The van der Waals surface area contributed by atoms with Crippen LogP contribution in [0.25, 0.3) is 10.6 Å². The lowest BCUT2D eigenvalue weighted by Gasteiger charge is -2.35. The normalized spacial score (nSPS) is 17.5. The average Bonchev–Trinajstić information content (AvgIpc) is 3.30. The lowest BCUT2D eigenvalue weighted by molar-refractivity contribution is 0.0615. The third kappa shape index (κ3) is 3.25. The highest BCUT2D eigenvalue weighted by atomic mass is 35.5. The monoisotopic (exact) mass is 387 g/mol. The lowest BCUT2D eigenvalue weighted by atomic mass is 10.1. The van der Waals surface area contributed by atoms with Crippen LogP contribution in [-0.4, -0.2) is 45.0 Å². The third-order valence-electron chi connectivity index (χ3n) is 4.46. The molecule has 1 atom stereocenters. The Hall–Kier alpha value is -2.22. The molecule has 1 unspecified atom stereocenters. The van der Waals surface area contributed by atoms with Crippen molar-refractivity contribution in [1.82, 2.24) is 24.8 Å². The van der Waals surface area contributed by atoms with Crippen LogP contribution in [0.2, 0.25) is 5.02 Å². The van der Waals surface area contributed by atoms with E-state index in [9.17, 15) is 4.79 Å². The van der Waals surface area contributed by atoms with E-state index < -0.39 is 0 Å². The molecule has 6 nitrogen and oxygen atoms in total. The van der Waals surface area contributed by atoms with E-state index in [0.717, 1.165) is 22.9 Å². The SMILES string of the molecule is Cn1ccnc1C1CNCCN1C(=O)c1csc(-c2cccc(Cl)c2)n1. The second-order valence-corrected chi connectivity index (χ2v) is 7.46. The van der Waals surface area contributed by atoms with Crippen molar-refractivity contribution < 1.29 is 4.79 Å². The number of aryl methyl sites for hydroxylation is 1. The van der Waals surface area contributed by atoms with E-state index in [4.69, 9.17) is 11.6 Å². The van der Waals surface area contributed by atoms with Gasteiger partial charge in [0.05, 0.1) is 0 Å². The molecule has 134 valence electrons. The van der Waals surface area contributed by atoms with Crippen molar-refractivity contribution in [3.8, 4) is 10.6 Å². The molecule has 1 N–H and O–H groups in total. The number of carbonyl (C=O) groups is 1. The standard InChI is InChI=1S/C18H18ClN5OS/c1-23-7-6-21-16(23)15-10-20-5-8-24(15)18(25)14-11-26-17(22-14)12-3-2-4-13(19)9-12/h2-4,6-7,9,11,15,20H,5,8,10H2,1H3. The number of hydrogen-bond donors (Lipinski definition) is 1. The number of rotatable bonds is 3. The predicted octanol–water partition coefficient (Wildman–Crippen LogP) is 2.98. The van der Waals surface area contributed by atoms with Gasteiger partial charge in [0.15, 0.2) is 0 Å². The fourth-order valence-corrected chi connectivity index (χ4v) is 4.13. The van der Waals surface area contributed by atoms with Crippen LogP contribution in [-0.2, 0) is 7.05 Å². The van der Waals surface area contributed by atoms with E-state index in [-0.39, 0.29) is 11.9 Å². The van der Waals surface area contributed by atoms with Crippen LogP contribution in [0.5, 0.6) is 0 Å². The third-order valence-corrected chi connectivity index (χ3v) is 5.58. The van der Waals surface area contributed by atoms with Gasteiger partial charge < -0.3 is 14.8 Å². The molecule has 3 heterocycles. The molecule has 0 radical (unpaired) electrons. The maximum absolute atomic E-state index is 13.1. The average molecular weight is 388 g/mol. The maximum atomic E-state index is 13.1. The van der Waals surface area contributed by atoms with Crippen LogP contribution in [0.15, 0.2) is 42.0 Å². The number of benzene rings is 1. The van der Waals surface area contributed by atoms with Gasteiger partial charge >= 0.3 is 0 Å². The van der Waals surface area contributed by atoms with Gasteiger partial charge in [-0.15, -0.1) is 11.3 Å². The van der Waals surface area contributed by atoms with E-state index in [1.54, 1.807) is 6.20 Å². The highest BCUT2D eigenvalue weighted by Crippen LogP contribution is 2.28. The molecule has 3 aromatic rings. The fourth-order valence-electron chi connectivity index (χ4n) is 3.15. The molecule has 8 heteroatoms. The Morgan fingerprint density at radius 3 is 3.08 bits per heavy atom. The molecule has 1 aliphatic rings. The number of amides is 1. The van der Waals surface area contributed by atoms with Crippen molar-refractivity contribution >= 4 is 28.8 Å². The highest BCUT2D eigenvalue weighted by Gasteiger charge is 2.32. The van der Waals surface area contributed by atoms with Crippen LogP contribution in [0.3, 0.4) is 0 Å². The minimum atomic E-state index is -0.104. The first kappa shape index (κ1) is 17.2. The van der Waals surface area contributed by atoms with Gasteiger partial charge in [0.25, 0.3) is 5.91 Å². The van der Waals surface area contributed by atoms with E-state index >= 15 is 0 Å². The zero-order valence-electron chi connectivity index (χ0n) is 14.2. The van der Waals surface area contributed by atoms with Gasteiger partial charge in [-0.2, -0.15) is 0 Å². The van der Waals surface area contributed by atoms with E-state index in [0.29, 0.717) is 23.8 Å². The Morgan fingerprint density at radius 1 is 1.42 bits per heavy atom. The lowest BCUT2D eigenvalue weighted by Crippen LogP contribution is -2.49. The summed E-state index contributed by atoms with van der Waals surface area (Å²) in [5.74, 6) is 0.805. The summed E-state index contributed by atoms with van der Waals surface area (Å²) in [6.45, 7) is 2.07. The first-order valence-electron chi connectivity index (χ1n) is 8.34. The summed E-state index contributed by atoms with van der Waals surface area (Å²) in [6.07, 6.45) is 3.65. The van der Waals surface area contributed by atoms with Gasteiger partial charge in [-0.05, 0) is 12.1 Å². The maximum Gasteiger partial charge on any atom is 0.274 e. The van der Waals surface area contributed by atoms with Crippen molar-refractivity contribution in [2.75, 3.05) is 19.6 Å². The highest BCUT2D eigenvalue weighted by molar-refractivity contribution is 7.13. The van der Waals surface area contributed by atoms with Gasteiger partial charge in [-0.3, -0.25) is 4.79 Å². The molecule has 1 fully saturated rings. The summed E-state index contributed by atoms with van der Waals surface area (Å²) >= 11 is 7.51. The predicted molar refractivity (Wildman–Crippen MR) is 102 cm³/mol. The molecule has 4 rings (SSSR count). The smallest absolute Gasteiger partial charge is 0.274 e. The second kappa shape index (κ2) is 7.19. The summed E-state index contributed by atoms with van der Waals surface area (Å²) < 4.78 is 1.95. The molecule has 1 aliphatic heterocycles. The molecule has 0 bridgehead atoms. The number of nitrogens with one attached hydrogen (secondary N) is 1. The number of aromatic nitrogens is 3. The van der Waals surface area contributed by atoms with E-state index in [1.807, 2.05) is 52.4 Å². The fraction of sp³-hybridized carbons (Fsp3) is 0.278. The summed E-state index contributed by atoms with van der Waals surface area (Å²) in [7, 11) is 1.94. The Balaban J connectivity index is 1.61. The quantitative estimate of drug-likeness (QED) is 0.750. The molecule has 0 spiro atoms. The number of nitrogens with zero attached hydrogens (tertiary/aromatic N) is 4. The van der Waals surface area contributed by atoms with Crippen molar-refractivity contribution in [3.63, 3.8) is 0 Å². The van der Waals surface area contributed by atoms with Crippen molar-refractivity contribution in [2.24, 2.45) is 7.05 Å². The van der Waals surface area contributed by atoms with Gasteiger partial charge in [-0.25, -0.2) is 9.97 Å². The molecule has 0 saturated carbocycles. The minimum absolute atomic E-state index is 0.0657. The number of imidazole rings is 1. The molecule has 26 heavy (non-hydrogen) atoms. The van der Waals surface area contributed by atoms with Gasteiger partial charge in [-0.1, -0.05) is 23.7 Å². The molecule has 1 saturated heterocycles. The number of hydrogen-bond acceptors (Lipinski definition) is 5. The van der Waals surface area contributed by atoms with E-state index in [2.05, 4.69) is 15.3 Å². The van der Waals surface area contributed by atoms with Gasteiger partial charge in [0, 0.05) is 55.0 Å². The van der Waals surface area contributed by atoms with Crippen LogP contribution >= 0.6 is 22.9 Å². The van der Waals surface area contributed by atoms with Crippen molar-refractivity contribution in [3.05, 3.63) is 58.6 Å². The van der Waals surface area contributed by atoms with Gasteiger partial charge in [0.1, 0.15) is 22.6 Å². The van der Waals surface area contributed by atoms with Crippen LogP contribution in [0.4, 0.5) is 0 Å². The van der Waals surface area contributed by atoms with E-state index in [1.165, 1.54) is 11.3 Å². The number of thiazole rings is 1. The zero-order valence-corrected chi connectivity index (χ0v) is 15.8. The van der Waals surface area contributed by atoms with Crippen molar-refractivity contribution in [2.45, 2.75) is 6.04 Å². The Bertz CT molecular complexity index is 937. The van der Waals surface area contributed by atoms with Crippen molar-refractivity contribution in [1.29, 1.82) is 0 Å². The first-order chi connectivity index (χ1) is 12.6. The van der Waals surface area contributed by atoms with Gasteiger partial charge in [0.2, 0.25) is 0 Å². The molecule has 0 aliphatic carbocycles. The molecule has 1 amide bonds. The van der Waals surface area contributed by atoms with Crippen LogP contribution in [0, 0.1) is 0 Å². The summed E-state index contributed by atoms with van der Waals surface area (Å²) in [6, 6.07) is 7.40. The topological polar surface area (TPSA) is 63.1 Å². The largest absolute Gasteiger partial charge is 0.336 e. The Labute approximate surface area is 160 Å². The summed E-state index contributed by atoms with van der Waals surface area (Å²) in [4.78, 5) is 23.9. The van der Waals surface area contributed by atoms with Crippen LogP contribution in [0.1, 0.15) is 22.4 Å². The molecule has 1 aromatic carbocycles. The summed E-state index contributed by atoms with van der Waals surface area (Å²) in [5.41, 5.74) is 1.38. The summed E-state index contributed by atoms with van der Waals surface area (Å²) in [5, 5.41) is 6.61. The number of carbonyl (C=O) groups excluding carboxylic acids is 1. The second-order valence-electron chi connectivity index (χ2n) is 6.16. The van der Waals surface area contributed by atoms with Crippen LogP contribution < -0.4 is 5.32 Å². The number of halogens is 1. The first-order valence-corrected chi connectivity index (χ1v) is 9.59. The zero-order chi connectivity index (χ0) is 18.1. The Morgan fingerprint density at radius 2 is 2.31 bits per heavy atom. The molecular formula is C18H18ClN5OS. The molecule has 2 aromatic heterocycles. The number of piperazine rings is 1. The minimum Gasteiger partial charge on any atom is -0.336 e. The molecular weight excluding hydrogens is 370 g/mol. The Kier molecular flexibility index (Phi) is 4.76.